The minimum absolute atomic E-state index is 0. The first-order valence-corrected chi connectivity index (χ1v) is 4.47. The second-order valence-electron chi connectivity index (χ2n) is 2.82. The minimum Gasteiger partial charge on any atom is -0.323 e. The standard InChI is InChI=1S/C8H9BrN2.ClH/c9-7-4-2-5-1-3-6(10)8(5)11-7;/h2,4,6H,1,3,10H2;1H/t6-;/m0./s1. The summed E-state index contributed by atoms with van der Waals surface area (Å²) in [6.45, 7) is 0. The third-order valence-electron chi connectivity index (χ3n) is 2.05. The molecule has 0 saturated heterocycles. The lowest BCUT2D eigenvalue weighted by molar-refractivity contribution is 0.696. The topological polar surface area (TPSA) is 38.9 Å². The van der Waals surface area contributed by atoms with Crippen LogP contribution in [-0.4, -0.2) is 4.98 Å². The summed E-state index contributed by atoms with van der Waals surface area (Å²) < 4.78 is 0.883. The van der Waals surface area contributed by atoms with Crippen LogP contribution in [0.25, 0.3) is 0 Å². The van der Waals surface area contributed by atoms with Crippen molar-refractivity contribution in [3.8, 4) is 0 Å². The molecule has 0 aliphatic heterocycles. The monoisotopic (exact) mass is 248 g/mol. The Bertz CT molecular complexity index is 290. The number of aromatic nitrogens is 1. The predicted molar refractivity (Wildman–Crippen MR) is 54.4 cm³/mol. The van der Waals surface area contributed by atoms with E-state index in [1.54, 1.807) is 0 Å². The molecule has 2 N–H and O–H groups in total. The normalized spacial score (nSPS) is 20.0. The molecule has 0 aromatic carbocycles. The molecule has 0 amide bonds. The van der Waals surface area contributed by atoms with Gasteiger partial charge in [-0.1, -0.05) is 6.07 Å². The fourth-order valence-electron chi connectivity index (χ4n) is 1.46. The summed E-state index contributed by atoms with van der Waals surface area (Å²) in [5, 5.41) is 0. The van der Waals surface area contributed by atoms with Crippen molar-refractivity contribution in [3.63, 3.8) is 0 Å². The Morgan fingerprint density at radius 2 is 2.25 bits per heavy atom. The maximum absolute atomic E-state index is 5.83. The predicted octanol–water partition coefficient (Wildman–Crippen LogP) is 2.21. The molecular formula is C8H10BrClN2. The second kappa shape index (κ2) is 3.73. The zero-order valence-electron chi connectivity index (χ0n) is 6.46. The van der Waals surface area contributed by atoms with E-state index < -0.39 is 0 Å². The Kier molecular flexibility index (Phi) is 3.09. The molecule has 2 nitrogen and oxygen atoms in total. The number of nitrogens with zero attached hydrogens (tertiary/aromatic N) is 1. The Labute approximate surface area is 86.1 Å². The van der Waals surface area contributed by atoms with Gasteiger partial charge in [0.25, 0.3) is 0 Å². The molecule has 2 rings (SSSR count). The molecular weight excluding hydrogens is 239 g/mol. The average molecular weight is 250 g/mol. The Balaban J connectivity index is 0.000000720. The maximum Gasteiger partial charge on any atom is 0.106 e. The van der Waals surface area contributed by atoms with Gasteiger partial charge in [0.1, 0.15) is 4.60 Å². The second-order valence-corrected chi connectivity index (χ2v) is 3.64. The van der Waals surface area contributed by atoms with Gasteiger partial charge in [0.15, 0.2) is 0 Å². The van der Waals surface area contributed by atoms with Gasteiger partial charge in [0.05, 0.1) is 5.69 Å². The fourth-order valence-corrected chi connectivity index (χ4v) is 1.78. The van der Waals surface area contributed by atoms with E-state index in [0.29, 0.717) is 0 Å². The van der Waals surface area contributed by atoms with Crippen molar-refractivity contribution in [1.82, 2.24) is 4.98 Å². The summed E-state index contributed by atoms with van der Waals surface area (Å²) in [5.74, 6) is 0. The highest BCUT2D eigenvalue weighted by Gasteiger charge is 2.19. The average Bonchev–Trinajstić information content (AvgIpc) is 2.33. The van der Waals surface area contributed by atoms with Gasteiger partial charge in [-0.15, -0.1) is 12.4 Å². The molecule has 1 aliphatic carbocycles. The van der Waals surface area contributed by atoms with E-state index in [1.807, 2.05) is 6.07 Å². The number of pyridine rings is 1. The van der Waals surface area contributed by atoms with Crippen LogP contribution in [0.4, 0.5) is 0 Å². The van der Waals surface area contributed by atoms with Crippen LogP contribution >= 0.6 is 28.3 Å². The summed E-state index contributed by atoms with van der Waals surface area (Å²) in [6.07, 6.45) is 2.12. The van der Waals surface area contributed by atoms with E-state index in [4.69, 9.17) is 5.73 Å². The summed E-state index contributed by atoms with van der Waals surface area (Å²) in [4.78, 5) is 4.33. The van der Waals surface area contributed by atoms with Crippen molar-refractivity contribution in [1.29, 1.82) is 0 Å². The first-order chi connectivity index (χ1) is 5.27. The van der Waals surface area contributed by atoms with Crippen LogP contribution < -0.4 is 5.73 Å². The SMILES string of the molecule is Cl.N[C@H]1CCc2ccc(Br)nc21. The van der Waals surface area contributed by atoms with Crippen molar-refractivity contribution in [3.05, 3.63) is 28.0 Å². The van der Waals surface area contributed by atoms with Crippen LogP contribution in [0.3, 0.4) is 0 Å². The van der Waals surface area contributed by atoms with Crippen molar-refractivity contribution >= 4 is 28.3 Å². The van der Waals surface area contributed by atoms with Crippen LogP contribution in [-0.2, 0) is 6.42 Å². The summed E-state index contributed by atoms with van der Waals surface area (Å²) in [6, 6.07) is 4.22. The van der Waals surface area contributed by atoms with Gasteiger partial charge in [-0.25, -0.2) is 4.98 Å². The highest BCUT2D eigenvalue weighted by Crippen LogP contribution is 2.28. The van der Waals surface area contributed by atoms with Crippen molar-refractivity contribution in [2.24, 2.45) is 5.73 Å². The van der Waals surface area contributed by atoms with Crippen LogP contribution in [0.5, 0.6) is 0 Å². The molecule has 66 valence electrons. The Morgan fingerprint density at radius 1 is 1.50 bits per heavy atom. The van der Waals surface area contributed by atoms with E-state index in [1.165, 1.54) is 5.56 Å². The molecule has 4 heteroatoms. The number of fused-ring (bicyclic) bond motifs is 1. The van der Waals surface area contributed by atoms with Crippen LogP contribution in [0.2, 0.25) is 0 Å². The summed E-state index contributed by atoms with van der Waals surface area (Å²) >= 11 is 3.33. The van der Waals surface area contributed by atoms with E-state index in [9.17, 15) is 0 Å². The number of aryl methyl sites for hydroxylation is 1. The molecule has 0 spiro atoms. The van der Waals surface area contributed by atoms with Gasteiger partial charge in [0.2, 0.25) is 0 Å². The number of hydrogen-bond acceptors (Lipinski definition) is 2. The molecule has 1 atom stereocenters. The smallest absolute Gasteiger partial charge is 0.106 e. The molecule has 1 aromatic rings. The lowest BCUT2D eigenvalue weighted by Crippen LogP contribution is -2.07. The molecule has 1 aliphatic rings. The summed E-state index contributed by atoms with van der Waals surface area (Å²) in [7, 11) is 0. The number of nitrogens with two attached hydrogens (primary N) is 1. The van der Waals surface area contributed by atoms with Crippen LogP contribution in [0, 0.1) is 0 Å². The number of rotatable bonds is 0. The van der Waals surface area contributed by atoms with Crippen LogP contribution in [0.15, 0.2) is 16.7 Å². The van der Waals surface area contributed by atoms with E-state index in [2.05, 4.69) is 27.0 Å². The van der Waals surface area contributed by atoms with E-state index in [0.717, 1.165) is 23.1 Å². The summed E-state index contributed by atoms with van der Waals surface area (Å²) in [5.41, 5.74) is 8.21. The third kappa shape index (κ3) is 1.63. The number of hydrogen-bond donors (Lipinski definition) is 1. The highest BCUT2D eigenvalue weighted by atomic mass is 79.9. The van der Waals surface area contributed by atoms with Gasteiger partial charge in [-0.05, 0) is 40.4 Å². The molecule has 0 radical (unpaired) electrons. The molecule has 1 aromatic heterocycles. The lowest BCUT2D eigenvalue weighted by atomic mass is 10.2. The molecule has 1 heterocycles. The van der Waals surface area contributed by atoms with Gasteiger partial charge < -0.3 is 5.73 Å². The van der Waals surface area contributed by atoms with Gasteiger partial charge in [-0.2, -0.15) is 0 Å². The highest BCUT2D eigenvalue weighted by molar-refractivity contribution is 9.10. The lowest BCUT2D eigenvalue weighted by Gasteiger charge is -2.02. The zero-order chi connectivity index (χ0) is 7.84. The van der Waals surface area contributed by atoms with Gasteiger partial charge >= 0.3 is 0 Å². The Morgan fingerprint density at radius 3 is 3.00 bits per heavy atom. The van der Waals surface area contributed by atoms with Crippen molar-refractivity contribution in [2.45, 2.75) is 18.9 Å². The largest absolute Gasteiger partial charge is 0.323 e. The maximum atomic E-state index is 5.83. The van der Waals surface area contributed by atoms with Crippen molar-refractivity contribution < 1.29 is 0 Å². The van der Waals surface area contributed by atoms with Gasteiger partial charge in [-0.3, -0.25) is 0 Å². The first-order valence-electron chi connectivity index (χ1n) is 3.68. The zero-order valence-corrected chi connectivity index (χ0v) is 8.86. The van der Waals surface area contributed by atoms with Gasteiger partial charge in [0, 0.05) is 6.04 Å². The fraction of sp³-hybridized carbons (Fsp3) is 0.375. The Hall–Kier alpha value is -0.120. The van der Waals surface area contributed by atoms with Crippen LogP contribution in [0.1, 0.15) is 23.7 Å². The van der Waals surface area contributed by atoms with E-state index in [-0.39, 0.29) is 18.4 Å². The van der Waals surface area contributed by atoms with Crippen molar-refractivity contribution in [2.75, 3.05) is 0 Å². The quantitative estimate of drug-likeness (QED) is 0.716. The molecule has 0 fully saturated rings. The minimum atomic E-state index is 0. The molecule has 12 heavy (non-hydrogen) atoms. The molecule has 0 saturated carbocycles. The molecule has 0 bridgehead atoms. The van der Waals surface area contributed by atoms with E-state index >= 15 is 0 Å². The molecule has 0 unspecified atom stereocenters. The third-order valence-corrected chi connectivity index (χ3v) is 2.50. The first kappa shape index (κ1) is 9.96. The number of halogens is 2.